The topological polar surface area (TPSA) is 3.24 Å². The zero-order valence-electron chi connectivity index (χ0n) is 11.0. The molecule has 1 aliphatic rings. The van der Waals surface area contributed by atoms with Crippen molar-refractivity contribution in [1.82, 2.24) is 0 Å². The van der Waals surface area contributed by atoms with Gasteiger partial charge in [0.2, 0.25) is 0 Å². The molecule has 0 amide bonds. The minimum atomic E-state index is 0.817. The van der Waals surface area contributed by atoms with Crippen molar-refractivity contribution in [1.29, 1.82) is 0 Å². The standard InChI is InChI=1S/C16H23N/c1-17(2)16-12-10-15(11-13-16)9-8-14-6-4-3-5-7-14/h8-14H,3-7H2,1-2H3/b9-8-. The summed E-state index contributed by atoms with van der Waals surface area (Å²) in [7, 11) is 4.15. The molecule has 0 aliphatic heterocycles. The van der Waals surface area contributed by atoms with Crippen molar-refractivity contribution in [3.8, 4) is 0 Å². The normalized spacial score (nSPS) is 17.5. The Labute approximate surface area is 105 Å². The minimum Gasteiger partial charge on any atom is -0.378 e. The van der Waals surface area contributed by atoms with Gasteiger partial charge in [-0.3, -0.25) is 0 Å². The molecule has 1 saturated carbocycles. The molecule has 1 aromatic carbocycles. The molecule has 1 aliphatic carbocycles. The van der Waals surface area contributed by atoms with Gasteiger partial charge in [-0.15, -0.1) is 0 Å². The van der Waals surface area contributed by atoms with Gasteiger partial charge >= 0.3 is 0 Å². The van der Waals surface area contributed by atoms with Crippen LogP contribution in [0, 0.1) is 5.92 Å². The molecule has 17 heavy (non-hydrogen) atoms. The van der Waals surface area contributed by atoms with E-state index in [1.807, 2.05) is 0 Å². The summed E-state index contributed by atoms with van der Waals surface area (Å²) in [5.74, 6) is 0.817. The molecule has 1 aromatic rings. The third-order valence-corrected chi connectivity index (χ3v) is 3.62. The Bertz CT molecular complexity index is 356. The molecule has 0 heterocycles. The van der Waals surface area contributed by atoms with Crippen molar-refractivity contribution in [2.24, 2.45) is 5.92 Å². The molecule has 0 bridgehead atoms. The Morgan fingerprint density at radius 3 is 2.24 bits per heavy atom. The van der Waals surface area contributed by atoms with Gasteiger partial charge in [0, 0.05) is 19.8 Å². The number of rotatable bonds is 3. The Balaban J connectivity index is 1.95. The molecule has 1 fully saturated rings. The zero-order valence-corrected chi connectivity index (χ0v) is 11.0. The molecule has 0 radical (unpaired) electrons. The van der Waals surface area contributed by atoms with E-state index in [0.29, 0.717) is 0 Å². The average molecular weight is 229 g/mol. The summed E-state index contributed by atoms with van der Waals surface area (Å²) >= 11 is 0. The van der Waals surface area contributed by atoms with Crippen molar-refractivity contribution in [2.75, 3.05) is 19.0 Å². The Morgan fingerprint density at radius 2 is 1.65 bits per heavy atom. The first-order chi connectivity index (χ1) is 8.25. The Kier molecular flexibility index (Phi) is 4.24. The van der Waals surface area contributed by atoms with E-state index in [1.165, 1.54) is 43.4 Å². The highest BCUT2D eigenvalue weighted by atomic mass is 15.1. The highest BCUT2D eigenvalue weighted by molar-refractivity contribution is 5.55. The van der Waals surface area contributed by atoms with E-state index in [4.69, 9.17) is 0 Å². The molecule has 0 unspecified atom stereocenters. The highest BCUT2D eigenvalue weighted by Crippen LogP contribution is 2.25. The van der Waals surface area contributed by atoms with E-state index in [9.17, 15) is 0 Å². The third kappa shape index (κ3) is 3.62. The molecule has 0 N–H and O–H groups in total. The number of anilines is 1. The smallest absolute Gasteiger partial charge is 0.0361 e. The number of benzene rings is 1. The van der Waals surface area contributed by atoms with Gasteiger partial charge in [-0.05, 0) is 36.5 Å². The van der Waals surface area contributed by atoms with Crippen LogP contribution in [0.2, 0.25) is 0 Å². The molecule has 2 rings (SSSR count). The second-order valence-electron chi connectivity index (χ2n) is 5.24. The summed E-state index contributed by atoms with van der Waals surface area (Å²) in [6.07, 6.45) is 11.7. The highest BCUT2D eigenvalue weighted by Gasteiger charge is 2.09. The lowest BCUT2D eigenvalue weighted by Crippen LogP contribution is -2.07. The number of nitrogens with zero attached hydrogens (tertiary/aromatic N) is 1. The van der Waals surface area contributed by atoms with Crippen LogP contribution in [0.15, 0.2) is 30.3 Å². The van der Waals surface area contributed by atoms with Crippen LogP contribution >= 0.6 is 0 Å². The SMILES string of the molecule is CN(C)c1ccc(/C=C\C2CCCCC2)cc1. The molecule has 0 aromatic heterocycles. The van der Waals surface area contributed by atoms with Crippen molar-refractivity contribution in [2.45, 2.75) is 32.1 Å². The largest absolute Gasteiger partial charge is 0.378 e. The fourth-order valence-corrected chi connectivity index (χ4v) is 2.46. The van der Waals surface area contributed by atoms with Gasteiger partial charge in [-0.25, -0.2) is 0 Å². The fourth-order valence-electron chi connectivity index (χ4n) is 2.46. The second-order valence-corrected chi connectivity index (χ2v) is 5.24. The Morgan fingerprint density at radius 1 is 1.00 bits per heavy atom. The van der Waals surface area contributed by atoms with Gasteiger partial charge < -0.3 is 4.90 Å². The van der Waals surface area contributed by atoms with Crippen molar-refractivity contribution >= 4 is 11.8 Å². The van der Waals surface area contributed by atoms with Gasteiger partial charge in [-0.2, -0.15) is 0 Å². The summed E-state index contributed by atoms with van der Waals surface area (Å²) in [5.41, 5.74) is 2.58. The third-order valence-electron chi connectivity index (χ3n) is 3.62. The average Bonchev–Trinajstić information content (AvgIpc) is 2.38. The van der Waals surface area contributed by atoms with Crippen LogP contribution in [0.25, 0.3) is 6.08 Å². The van der Waals surface area contributed by atoms with Crippen LogP contribution < -0.4 is 4.90 Å². The van der Waals surface area contributed by atoms with Gasteiger partial charge in [0.25, 0.3) is 0 Å². The van der Waals surface area contributed by atoms with E-state index >= 15 is 0 Å². The van der Waals surface area contributed by atoms with Gasteiger partial charge in [-0.1, -0.05) is 43.5 Å². The summed E-state index contributed by atoms with van der Waals surface area (Å²) in [4.78, 5) is 2.13. The van der Waals surface area contributed by atoms with Crippen molar-refractivity contribution < 1.29 is 0 Å². The summed E-state index contributed by atoms with van der Waals surface area (Å²) in [6.45, 7) is 0. The number of hydrogen-bond acceptors (Lipinski definition) is 1. The van der Waals surface area contributed by atoms with Crippen LogP contribution in [-0.2, 0) is 0 Å². The monoisotopic (exact) mass is 229 g/mol. The maximum absolute atomic E-state index is 2.41. The van der Waals surface area contributed by atoms with Crippen LogP contribution in [-0.4, -0.2) is 14.1 Å². The van der Waals surface area contributed by atoms with E-state index in [1.54, 1.807) is 0 Å². The van der Waals surface area contributed by atoms with E-state index < -0.39 is 0 Å². The first-order valence-corrected chi connectivity index (χ1v) is 6.71. The maximum atomic E-state index is 2.41. The molecule has 1 nitrogen and oxygen atoms in total. The van der Waals surface area contributed by atoms with Crippen molar-refractivity contribution in [3.05, 3.63) is 35.9 Å². The first kappa shape index (κ1) is 12.2. The van der Waals surface area contributed by atoms with E-state index in [-0.39, 0.29) is 0 Å². The van der Waals surface area contributed by atoms with Crippen LogP contribution in [0.3, 0.4) is 0 Å². The first-order valence-electron chi connectivity index (χ1n) is 6.71. The molecular weight excluding hydrogens is 206 g/mol. The van der Waals surface area contributed by atoms with Crippen LogP contribution in [0.4, 0.5) is 5.69 Å². The lowest BCUT2D eigenvalue weighted by Gasteiger charge is -2.17. The second kappa shape index (κ2) is 5.90. The summed E-state index contributed by atoms with van der Waals surface area (Å²) in [6, 6.07) is 8.77. The zero-order chi connectivity index (χ0) is 12.1. The van der Waals surface area contributed by atoms with Crippen molar-refractivity contribution in [3.63, 3.8) is 0 Å². The van der Waals surface area contributed by atoms with Gasteiger partial charge in [0.15, 0.2) is 0 Å². The van der Waals surface area contributed by atoms with Gasteiger partial charge in [0.05, 0.1) is 0 Å². The molecule has 0 spiro atoms. The van der Waals surface area contributed by atoms with Gasteiger partial charge in [0.1, 0.15) is 0 Å². The molecule has 92 valence electrons. The lowest BCUT2D eigenvalue weighted by molar-refractivity contribution is 0.420. The van der Waals surface area contributed by atoms with Crippen LogP contribution in [0.5, 0.6) is 0 Å². The summed E-state index contributed by atoms with van der Waals surface area (Å²) < 4.78 is 0. The van der Waals surface area contributed by atoms with Crippen LogP contribution in [0.1, 0.15) is 37.7 Å². The quantitative estimate of drug-likeness (QED) is 0.745. The molecule has 0 atom stereocenters. The van der Waals surface area contributed by atoms with E-state index in [2.05, 4.69) is 55.4 Å². The summed E-state index contributed by atoms with van der Waals surface area (Å²) in [5, 5.41) is 0. The minimum absolute atomic E-state index is 0.817. The fraction of sp³-hybridized carbons (Fsp3) is 0.500. The molecular formula is C16H23N. The predicted octanol–water partition coefficient (Wildman–Crippen LogP) is 4.35. The molecule has 1 heteroatoms. The Hall–Kier alpha value is -1.24. The lowest BCUT2D eigenvalue weighted by atomic mass is 9.89. The maximum Gasteiger partial charge on any atom is 0.0361 e. The molecule has 0 saturated heterocycles. The predicted molar refractivity (Wildman–Crippen MR) is 76.4 cm³/mol. The number of allylic oxidation sites excluding steroid dienone is 1. The van der Waals surface area contributed by atoms with E-state index in [0.717, 1.165) is 5.92 Å². The number of hydrogen-bond donors (Lipinski definition) is 0.